The molecule has 2 amide bonds. The molecular formula is C20H30N2O8. The largest absolute Gasteiger partial charge is 0.461 e. The minimum Gasteiger partial charge on any atom is -0.461 e. The Morgan fingerprint density at radius 2 is 1.07 bits per heavy atom. The number of rotatable bonds is 12. The number of hydrogen-bond donors (Lipinski definition) is 2. The first kappa shape index (κ1) is 25.0. The molecule has 0 aromatic heterocycles. The summed E-state index contributed by atoms with van der Waals surface area (Å²) in [6.07, 6.45) is 4.49. The molecule has 10 nitrogen and oxygen atoms in total. The van der Waals surface area contributed by atoms with Crippen LogP contribution >= 0.6 is 0 Å². The number of alkyl carbamates (subject to hydrolysis) is 2. The van der Waals surface area contributed by atoms with Crippen molar-refractivity contribution in [1.82, 2.24) is 10.6 Å². The van der Waals surface area contributed by atoms with Gasteiger partial charge >= 0.3 is 24.1 Å². The summed E-state index contributed by atoms with van der Waals surface area (Å²) in [5.41, 5.74) is 0. The minimum absolute atomic E-state index is 0.0542. The molecule has 1 rings (SSSR count). The molecule has 168 valence electrons. The number of amides is 2. The number of carbonyl (C=O) groups is 4. The van der Waals surface area contributed by atoms with E-state index in [0.29, 0.717) is 13.2 Å². The second kappa shape index (κ2) is 14.9. The molecule has 1 fully saturated rings. The molecule has 0 spiro atoms. The number of hydrogen-bond acceptors (Lipinski definition) is 8. The van der Waals surface area contributed by atoms with Gasteiger partial charge in [0.2, 0.25) is 0 Å². The van der Waals surface area contributed by atoms with Crippen LogP contribution in [0.25, 0.3) is 0 Å². The average Bonchev–Trinajstić information content (AvgIpc) is 2.76. The van der Waals surface area contributed by atoms with Crippen LogP contribution in [0.4, 0.5) is 9.59 Å². The highest BCUT2D eigenvalue weighted by Crippen LogP contribution is 2.29. The van der Waals surface area contributed by atoms with Crippen LogP contribution in [0.3, 0.4) is 0 Å². The SMILES string of the molecule is C=CC(=O)OCCNC(=O)OCC1CCC(COC(=O)NCCOC(=O)C=C)CC1. The Kier molecular flexibility index (Phi) is 12.4. The molecule has 0 unspecified atom stereocenters. The molecular weight excluding hydrogens is 396 g/mol. The van der Waals surface area contributed by atoms with Gasteiger partial charge < -0.3 is 29.6 Å². The summed E-state index contributed by atoms with van der Waals surface area (Å²) in [4.78, 5) is 44.9. The number of esters is 2. The normalized spacial score (nSPS) is 17.7. The van der Waals surface area contributed by atoms with Gasteiger partial charge in [0.1, 0.15) is 13.2 Å². The zero-order chi connectivity index (χ0) is 22.2. The third-order valence-electron chi connectivity index (χ3n) is 4.43. The topological polar surface area (TPSA) is 129 Å². The maximum Gasteiger partial charge on any atom is 0.407 e. The van der Waals surface area contributed by atoms with Crippen LogP contribution in [-0.4, -0.2) is 63.6 Å². The lowest BCUT2D eigenvalue weighted by Crippen LogP contribution is -2.32. The lowest BCUT2D eigenvalue weighted by atomic mass is 9.83. The first-order valence-corrected chi connectivity index (χ1v) is 9.84. The van der Waals surface area contributed by atoms with E-state index in [9.17, 15) is 19.2 Å². The average molecular weight is 426 g/mol. The van der Waals surface area contributed by atoms with Crippen molar-refractivity contribution in [1.29, 1.82) is 0 Å². The Balaban J connectivity index is 2.04. The van der Waals surface area contributed by atoms with E-state index in [4.69, 9.17) is 18.9 Å². The maximum absolute atomic E-state index is 11.6. The van der Waals surface area contributed by atoms with Crippen LogP contribution < -0.4 is 10.6 Å². The molecule has 0 aromatic rings. The lowest BCUT2D eigenvalue weighted by molar-refractivity contribution is -0.138. The first-order valence-electron chi connectivity index (χ1n) is 9.84. The number of carbonyl (C=O) groups excluding carboxylic acids is 4. The van der Waals surface area contributed by atoms with Crippen LogP contribution in [0, 0.1) is 11.8 Å². The highest BCUT2D eigenvalue weighted by Gasteiger charge is 2.23. The molecule has 0 aliphatic heterocycles. The van der Waals surface area contributed by atoms with Crippen LogP contribution in [0.1, 0.15) is 25.7 Å². The van der Waals surface area contributed by atoms with E-state index in [1.165, 1.54) is 0 Å². The van der Waals surface area contributed by atoms with Gasteiger partial charge in [-0.2, -0.15) is 0 Å². The van der Waals surface area contributed by atoms with Gasteiger partial charge in [-0.25, -0.2) is 19.2 Å². The molecule has 2 N–H and O–H groups in total. The van der Waals surface area contributed by atoms with E-state index in [-0.39, 0.29) is 38.1 Å². The molecule has 1 aliphatic rings. The zero-order valence-corrected chi connectivity index (χ0v) is 17.1. The van der Waals surface area contributed by atoms with E-state index in [0.717, 1.165) is 37.8 Å². The van der Waals surface area contributed by atoms with Crippen LogP contribution in [0.5, 0.6) is 0 Å². The van der Waals surface area contributed by atoms with Crippen molar-refractivity contribution in [2.24, 2.45) is 11.8 Å². The van der Waals surface area contributed by atoms with Crippen molar-refractivity contribution in [3.05, 3.63) is 25.3 Å². The molecule has 0 atom stereocenters. The van der Waals surface area contributed by atoms with E-state index in [2.05, 4.69) is 23.8 Å². The molecule has 0 bridgehead atoms. The second-order valence-electron chi connectivity index (χ2n) is 6.68. The summed E-state index contributed by atoms with van der Waals surface area (Å²) < 4.78 is 19.8. The molecule has 30 heavy (non-hydrogen) atoms. The predicted octanol–water partition coefficient (Wildman–Crippen LogP) is 1.70. The predicted molar refractivity (Wildman–Crippen MR) is 106 cm³/mol. The Morgan fingerprint density at radius 1 is 0.700 bits per heavy atom. The minimum atomic E-state index is -0.550. The van der Waals surface area contributed by atoms with Gasteiger partial charge in [0.05, 0.1) is 26.3 Å². The van der Waals surface area contributed by atoms with Crippen molar-refractivity contribution in [2.75, 3.05) is 39.5 Å². The van der Waals surface area contributed by atoms with Crippen molar-refractivity contribution < 1.29 is 38.1 Å². The standard InChI is InChI=1S/C20H30N2O8/c1-3-17(23)27-11-9-21-19(25)29-13-15-5-7-16(8-6-15)14-30-20(26)22-10-12-28-18(24)4-2/h3-4,15-16H,1-2,5-14H2,(H,21,25)(H,22,26). The highest BCUT2D eigenvalue weighted by atomic mass is 16.6. The summed E-state index contributed by atoms with van der Waals surface area (Å²) in [5, 5.41) is 5.01. The third kappa shape index (κ3) is 11.7. The Bertz CT molecular complexity index is 548. The summed E-state index contributed by atoms with van der Waals surface area (Å²) >= 11 is 0. The molecule has 10 heteroatoms. The number of ether oxygens (including phenoxy) is 4. The zero-order valence-electron chi connectivity index (χ0n) is 17.1. The molecule has 0 aromatic carbocycles. The van der Waals surface area contributed by atoms with Crippen molar-refractivity contribution in [2.45, 2.75) is 25.7 Å². The van der Waals surface area contributed by atoms with Crippen molar-refractivity contribution in [3.8, 4) is 0 Å². The fraction of sp³-hybridized carbons (Fsp3) is 0.600. The van der Waals surface area contributed by atoms with Crippen LogP contribution in [0.2, 0.25) is 0 Å². The van der Waals surface area contributed by atoms with Crippen molar-refractivity contribution in [3.63, 3.8) is 0 Å². The highest BCUT2D eigenvalue weighted by molar-refractivity contribution is 5.81. The summed E-state index contributed by atoms with van der Waals surface area (Å²) in [6, 6.07) is 0. The van der Waals surface area contributed by atoms with E-state index < -0.39 is 24.1 Å². The van der Waals surface area contributed by atoms with Gasteiger partial charge in [-0.05, 0) is 37.5 Å². The van der Waals surface area contributed by atoms with E-state index >= 15 is 0 Å². The molecule has 1 saturated carbocycles. The number of nitrogens with one attached hydrogen (secondary N) is 2. The Morgan fingerprint density at radius 3 is 1.40 bits per heavy atom. The smallest absolute Gasteiger partial charge is 0.407 e. The Hall–Kier alpha value is -3.04. The first-order chi connectivity index (χ1) is 14.4. The van der Waals surface area contributed by atoms with Gasteiger partial charge in [-0.15, -0.1) is 0 Å². The van der Waals surface area contributed by atoms with E-state index in [1.807, 2.05) is 0 Å². The van der Waals surface area contributed by atoms with Gasteiger partial charge in [0, 0.05) is 12.2 Å². The fourth-order valence-corrected chi connectivity index (χ4v) is 2.78. The van der Waals surface area contributed by atoms with Gasteiger partial charge in [-0.3, -0.25) is 0 Å². The third-order valence-corrected chi connectivity index (χ3v) is 4.43. The van der Waals surface area contributed by atoms with Crippen molar-refractivity contribution >= 4 is 24.1 Å². The fourth-order valence-electron chi connectivity index (χ4n) is 2.78. The quantitative estimate of drug-likeness (QED) is 0.209. The van der Waals surface area contributed by atoms with Gasteiger partial charge in [-0.1, -0.05) is 13.2 Å². The maximum atomic E-state index is 11.6. The Labute approximate surface area is 175 Å². The molecule has 0 heterocycles. The molecule has 0 radical (unpaired) electrons. The summed E-state index contributed by atoms with van der Waals surface area (Å²) in [7, 11) is 0. The molecule has 1 aliphatic carbocycles. The van der Waals surface area contributed by atoms with Crippen LogP contribution in [-0.2, 0) is 28.5 Å². The second-order valence-corrected chi connectivity index (χ2v) is 6.68. The summed E-state index contributed by atoms with van der Waals surface area (Å²) in [5.74, 6) is -0.562. The van der Waals surface area contributed by atoms with E-state index in [1.54, 1.807) is 0 Å². The van der Waals surface area contributed by atoms with Gasteiger partial charge in [0.15, 0.2) is 0 Å². The summed E-state index contributed by atoms with van der Waals surface area (Å²) in [6.45, 7) is 7.62. The lowest BCUT2D eigenvalue weighted by Gasteiger charge is -2.27. The molecule has 0 saturated heterocycles. The van der Waals surface area contributed by atoms with Gasteiger partial charge in [0.25, 0.3) is 0 Å². The van der Waals surface area contributed by atoms with Crippen LogP contribution in [0.15, 0.2) is 25.3 Å². The monoisotopic (exact) mass is 426 g/mol.